The number of piperidine rings is 1. The second-order valence-corrected chi connectivity index (χ2v) is 6.99. The Labute approximate surface area is 160 Å². The van der Waals surface area contributed by atoms with Crippen LogP contribution in [0.15, 0.2) is 48.7 Å². The van der Waals surface area contributed by atoms with Gasteiger partial charge in [0.25, 0.3) is 0 Å². The second kappa shape index (κ2) is 8.80. The highest BCUT2D eigenvalue weighted by Gasteiger charge is 2.40. The van der Waals surface area contributed by atoms with E-state index >= 15 is 0 Å². The zero-order chi connectivity index (χ0) is 19.2. The van der Waals surface area contributed by atoms with Crippen LogP contribution in [-0.4, -0.2) is 34.8 Å². The van der Waals surface area contributed by atoms with E-state index in [1.807, 2.05) is 61.2 Å². The lowest BCUT2D eigenvalue weighted by molar-refractivity contribution is -0.143. The summed E-state index contributed by atoms with van der Waals surface area (Å²) in [5.41, 5.74) is 3.14. The molecule has 5 nitrogen and oxygen atoms in total. The summed E-state index contributed by atoms with van der Waals surface area (Å²) in [4.78, 5) is 31.6. The van der Waals surface area contributed by atoms with Gasteiger partial charge in [-0.2, -0.15) is 0 Å². The quantitative estimate of drug-likeness (QED) is 0.856. The van der Waals surface area contributed by atoms with Crippen molar-refractivity contribution in [3.05, 3.63) is 65.5 Å². The van der Waals surface area contributed by atoms with Crippen LogP contribution in [-0.2, 0) is 16.0 Å². The number of nitrogens with zero attached hydrogens (tertiary/aromatic N) is 2. The molecule has 142 valence electrons. The fourth-order valence-corrected chi connectivity index (χ4v) is 3.89. The molecule has 3 rings (SSSR count). The number of aromatic nitrogens is 1. The molecule has 1 aliphatic rings. The molecule has 5 heteroatoms. The number of nitrogens with one attached hydrogen (secondary N) is 1. The van der Waals surface area contributed by atoms with Crippen LogP contribution in [0.3, 0.4) is 0 Å². The van der Waals surface area contributed by atoms with E-state index in [9.17, 15) is 9.59 Å². The van der Waals surface area contributed by atoms with Gasteiger partial charge in [-0.1, -0.05) is 30.3 Å². The van der Waals surface area contributed by atoms with Crippen LogP contribution in [0, 0.1) is 12.8 Å². The van der Waals surface area contributed by atoms with Crippen LogP contribution in [0.5, 0.6) is 0 Å². The summed E-state index contributed by atoms with van der Waals surface area (Å²) >= 11 is 0. The number of carbonyl (C=O) groups is 2. The fraction of sp³-hybridized carbons (Fsp3) is 0.409. The summed E-state index contributed by atoms with van der Waals surface area (Å²) < 4.78 is 0. The average Bonchev–Trinajstić information content (AvgIpc) is 2.69. The summed E-state index contributed by atoms with van der Waals surface area (Å²) in [7, 11) is 0. The third-order valence-electron chi connectivity index (χ3n) is 5.30. The molecule has 0 aliphatic carbocycles. The van der Waals surface area contributed by atoms with E-state index in [1.54, 1.807) is 6.20 Å². The van der Waals surface area contributed by atoms with Gasteiger partial charge in [0.2, 0.25) is 11.8 Å². The maximum absolute atomic E-state index is 13.0. The number of carbonyl (C=O) groups excluding carboxylic acids is 2. The van der Waals surface area contributed by atoms with Crippen molar-refractivity contribution in [3.63, 3.8) is 0 Å². The molecule has 2 atom stereocenters. The van der Waals surface area contributed by atoms with E-state index in [-0.39, 0.29) is 23.8 Å². The Morgan fingerprint density at radius 2 is 2.00 bits per heavy atom. The number of hydrogen-bond acceptors (Lipinski definition) is 3. The molecule has 1 saturated heterocycles. The lowest BCUT2D eigenvalue weighted by Crippen LogP contribution is -2.48. The van der Waals surface area contributed by atoms with E-state index in [0.29, 0.717) is 32.4 Å². The van der Waals surface area contributed by atoms with Crippen molar-refractivity contribution in [3.8, 4) is 0 Å². The van der Waals surface area contributed by atoms with E-state index < -0.39 is 0 Å². The van der Waals surface area contributed by atoms with Gasteiger partial charge >= 0.3 is 0 Å². The first-order valence-electron chi connectivity index (χ1n) is 9.64. The minimum Gasteiger partial charge on any atom is -0.355 e. The fourth-order valence-electron chi connectivity index (χ4n) is 3.89. The molecule has 1 aromatic carbocycles. The first-order valence-corrected chi connectivity index (χ1v) is 9.64. The minimum atomic E-state index is -0.229. The maximum atomic E-state index is 13.0. The van der Waals surface area contributed by atoms with E-state index in [0.717, 1.165) is 16.8 Å². The Morgan fingerprint density at radius 3 is 2.70 bits per heavy atom. The summed E-state index contributed by atoms with van der Waals surface area (Å²) in [6.45, 7) is 5.17. The van der Waals surface area contributed by atoms with Gasteiger partial charge in [-0.3, -0.25) is 14.6 Å². The predicted octanol–water partition coefficient (Wildman–Crippen LogP) is 3.05. The van der Waals surface area contributed by atoms with E-state index in [1.165, 1.54) is 0 Å². The van der Waals surface area contributed by atoms with Crippen LogP contribution < -0.4 is 5.32 Å². The number of amides is 2. The normalized spacial score (nSPS) is 19.8. The molecule has 27 heavy (non-hydrogen) atoms. The van der Waals surface area contributed by atoms with Crippen LogP contribution in [0.25, 0.3) is 0 Å². The molecule has 1 fully saturated rings. The topological polar surface area (TPSA) is 62.3 Å². The summed E-state index contributed by atoms with van der Waals surface area (Å²) in [6.07, 6.45) is 3.47. The SMILES string of the molecule is CCN1C(=O)CC[C@@H](C(=O)NCCc2ccccn2)[C@@H]1c1ccccc1C. The first kappa shape index (κ1) is 19.1. The Bertz CT molecular complexity index is 791. The molecular formula is C22H27N3O2. The molecule has 2 amide bonds. The zero-order valence-electron chi connectivity index (χ0n) is 16.0. The predicted molar refractivity (Wildman–Crippen MR) is 105 cm³/mol. The molecule has 2 heterocycles. The monoisotopic (exact) mass is 365 g/mol. The van der Waals surface area contributed by atoms with Gasteiger partial charge in [-0.15, -0.1) is 0 Å². The first-order chi connectivity index (χ1) is 13.1. The van der Waals surface area contributed by atoms with Gasteiger partial charge < -0.3 is 10.2 Å². The number of likely N-dealkylation sites (tertiary alicyclic amines) is 1. The minimum absolute atomic E-state index is 0.0186. The van der Waals surface area contributed by atoms with Gasteiger partial charge in [0.1, 0.15) is 0 Å². The Balaban J connectivity index is 1.75. The summed E-state index contributed by atoms with van der Waals surface area (Å²) in [6, 6.07) is 13.6. The van der Waals surface area contributed by atoms with E-state index in [2.05, 4.69) is 10.3 Å². The van der Waals surface area contributed by atoms with Crippen LogP contribution in [0.2, 0.25) is 0 Å². The summed E-state index contributed by atoms with van der Waals surface area (Å²) in [5, 5.41) is 3.06. The number of rotatable bonds is 6. The molecule has 0 unspecified atom stereocenters. The highest BCUT2D eigenvalue weighted by molar-refractivity contribution is 5.85. The molecule has 1 aromatic heterocycles. The van der Waals surface area contributed by atoms with Crippen molar-refractivity contribution in [1.82, 2.24) is 15.2 Å². The van der Waals surface area contributed by atoms with Crippen LogP contribution in [0.1, 0.15) is 42.6 Å². The molecule has 1 aliphatic heterocycles. The van der Waals surface area contributed by atoms with Gasteiger partial charge in [0.15, 0.2) is 0 Å². The molecule has 0 saturated carbocycles. The van der Waals surface area contributed by atoms with E-state index in [4.69, 9.17) is 0 Å². The van der Waals surface area contributed by atoms with Crippen molar-refractivity contribution < 1.29 is 9.59 Å². The lowest BCUT2D eigenvalue weighted by Gasteiger charge is -2.41. The van der Waals surface area contributed by atoms with Gasteiger partial charge in [0, 0.05) is 37.8 Å². The van der Waals surface area contributed by atoms with Crippen molar-refractivity contribution >= 4 is 11.8 Å². The van der Waals surface area contributed by atoms with Crippen LogP contribution in [0.4, 0.5) is 0 Å². The van der Waals surface area contributed by atoms with Crippen LogP contribution >= 0.6 is 0 Å². The van der Waals surface area contributed by atoms with Gasteiger partial charge in [-0.25, -0.2) is 0 Å². The highest BCUT2D eigenvalue weighted by atomic mass is 16.2. The smallest absolute Gasteiger partial charge is 0.225 e. The number of hydrogen-bond donors (Lipinski definition) is 1. The van der Waals surface area contributed by atoms with Crippen molar-refractivity contribution in [2.24, 2.45) is 5.92 Å². The third kappa shape index (κ3) is 4.35. The number of pyridine rings is 1. The largest absolute Gasteiger partial charge is 0.355 e. The molecule has 2 aromatic rings. The van der Waals surface area contributed by atoms with Crippen molar-refractivity contribution in [1.29, 1.82) is 0 Å². The summed E-state index contributed by atoms with van der Waals surface area (Å²) in [5.74, 6) is -0.0825. The Hall–Kier alpha value is -2.69. The van der Waals surface area contributed by atoms with Gasteiger partial charge in [0.05, 0.1) is 12.0 Å². The Morgan fingerprint density at radius 1 is 1.22 bits per heavy atom. The lowest BCUT2D eigenvalue weighted by atomic mass is 9.82. The molecule has 0 bridgehead atoms. The zero-order valence-corrected chi connectivity index (χ0v) is 16.0. The molecule has 0 spiro atoms. The Kier molecular flexibility index (Phi) is 6.22. The second-order valence-electron chi connectivity index (χ2n) is 6.99. The molecule has 0 radical (unpaired) electrons. The van der Waals surface area contributed by atoms with Crippen molar-refractivity contribution in [2.75, 3.05) is 13.1 Å². The average molecular weight is 365 g/mol. The number of benzene rings is 1. The molecular weight excluding hydrogens is 338 g/mol. The highest BCUT2D eigenvalue weighted by Crippen LogP contribution is 2.38. The maximum Gasteiger partial charge on any atom is 0.225 e. The van der Waals surface area contributed by atoms with Crippen molar-refractivity contribution in [2.45, 2.75) is 39.2 Å². The van der Waals surface area contributed by atoms with Gasteiger partial charge in [-0.05, 0) is 43.5 Å². The standard InChI is InChI=1S/C22H27N3O2/c1-3-25-20(26)12-11-19(21(25)18-10-5-4-8-16(18)2)22(27)24-15-13-17-9-6-7-14-23-17/h4-10,14,19,21H,3,11-13,15H2,1-2H3,(H,24,27)/t19-,21+/m1/s1. The third-order valence-corrected chi connectivity index (χ3v) is 5.30. The number of aryl methyl sites for hydroxylation is 1. The molecule has 1 N–H and O–H groups in total.